The highest BCUT2D eigenvalue weighted by atomic mass is 16.5. The number of amides is 1. The summed E-state index contributed by atoms with van der Waals surface area (Å²) in [4.78, 5) is 23.4. The highest BCUT2D eigenvalue weighted by Gasteiger charge is 2.18. The van der Waals surface area contributed by atoms with E-state index in [2.05, 4.69) is 5.32 Å². The molecule has 0 bridgehead atoms. The molecule has 0 heterocycles. The number of carboxylic acids is 1. The van der Waals surface area contributed by atoms with Gasteiger partial charge in [0.05, 0.1) is 18.6 Å². The minimum Gasteiger partial charge on any atom is -0.497 e. The highest BCUT2D eigenvalue weighted by molar-refractivity contribution is 5.87. The van der Waals surface area contributed by atoms with E-state index in [1.807, 2.05) is 37.3 Å². The van der Waals surface area contributed by atoms with Gasteiger partial charge < -0.3 is 15.2 Å². The molecule has 2 aromatic carbocycles. The summed E-state index contributed by atoms with van der Waals surface area (Å²) in [6.07, 6.45) is 1.29. The van der Waals surface area contributed by atoms with E-state index in [-0.39, 0.29) is 17.4 Å². The van der Waals surface area contributed by atoms with E-state index in [1.54, 1.807) is 25.3 Å². The smallest absolute Gasteiger partial charge is 0.335 e. The standard InChI is InChI=1S/C20H23NO4/c1-3-18(15-7-9-17(25-2)10-8-15)19(22)21-12-11-14-5-4-6-16(13-14)20(23)24/h4-10,13,18H,3,11-12H2,1-2H3,(H,21,22)(H,23,24). The predicted octanol–water partition coefficient (Wildman–Crippen LogP) is 3.25. The van der Waals surface area contributed by atoms with Crippen LogP contribution in [0, 0.1) is 0 Å². The predicted molar refractivity (Wildman–Crippen MR) is 96.1 cm³/mol. The van der Waals surface area contributed by atoms with Gasteiger partial charge in [0.25, 0.3) is 0 Å². The first-order valence-electron chi connectivity index (χ1n) is 8.29. The molecule has 25 heavy (non-hydrogen) atoms. The third kappa shape index (κ3) is 5.08. The van der Waals surface area contributed by atoms with Gasteiger partial charge in [0.15, 0.2) is 0 Å². The molecule has 1 amide bonds. The first-order chi connectivity index (χ1) is 12.0. The van der Waals surface area contributed by atoms with Crippen LogP contribution in [-0.2, 0) is 11.2 Å². The number of hydrogen-bond acceptors (Lipinski definition) is 3. The Balaban J connectivity index is 1.93. The van der Waals surface area contributed by atoms with Crippen molar-refractivity contribution in [2.45, 2.75) is 25.7 Å². The molecule has 5 nitrogen and oxygen atoms in total. The minimum atomic E-state index is -0.948. The number of benzene rings is 2. The SMILES string of the molecule is CCC(C(=O)NCCc1cccc(C(=O)O)c1)c1ccc(OC)cc1. The molecular weight excluding hydrogens is 318 g/mol. The van der Waals surface area contributed by atoms with Gasteiger partial charge >= 0.3 is 5.97 Å². The van der Waals surface area contributed by atoms with Crippen molar-refractivity contribution in [2.24, 2.45) is 0 Å². The van der Waals surface area contributed by atoms with Gasteiger partial charge in [0.1, 0.15) is 5.75 Å². The van der Waals surface area contributed by atoms with Crippen molar-refractivity contribution >= 4 is 11.9 Å². The molecule has 1 unspecified atom stereocenters. The van der Waals surface area contributed by atoms with Gasteiger partial charge in [-0.25, -0.2) is 4.79 Å². The Morgan fingerprint density at radius 3 is 2.48 bits per heavy atom. The molecule has 0 spiro atoms. The molecule has 0 aromatic heterocycles. The van der Waals surface area contributed by atoms with E-state index in [0.29, 0.717) is 19.4 Å². The summed E-state index contributed by atoms with van der Waals surface area (Å²) in [5.41, 5.74) is 2.10. The topological polar surface area (TPSA) is 75.6 Å². The molecular formula is C20H23NO4. The molecule has 0 saturated carbocycles. The largest absolute Gasteiger partial charge is 0.497 e. The lowest BCUT2D eigenvalue weighted by molar-refractivity contribution is -0.122. The second-order valence-corrected chi connectivity index (χ2v) is 5.78. The maximum absolute atomic E-state index is 12.5. The van der Waals surface area contributed by atoms with E-state index in [1.165, 1.54) is 0 Å². The quantitative estimate of drug-likeness (QED) is 0.773. The molecule has 0 fully saturated rings. The molecule has 2 N–H and O–H groups in total. The summed E-state index contributed by atoms with van der Waals surface area (Å²) in [6.45, 7) is 2.44. The first-order valence-corrected chi connectivity index (χ1v) is 8.29. The summed E-state index contributed by atoms with van der Waals surface area (Å²) >= 11 is 0. The first kappa shape index (κ1) is 18.5. The van der Waals surface area contributed by atoms with Crippen LogP contribution in [0.15, 0.2) is 48.5 Å². The molecule has 1 atom stereocenters. The van der Waals surface area contributed by atoms with Gasteiger partial charge in [0, 0.05) is 6.54 Å². The van der Waals surface area contributed by atoms with Crippen LogP contribution in [0.3, 0.4) is 0 Å². The zero-order valence-electron chi connectivity index (χ0n) is 14.5. The van der Waals surface area contributed by atoms with Gasteiger partial charge in [0.2, 0.25) is 5.91 Å². The third-order valence-electron chi connectivity index (χ3n) is 4.13. The summed E-state index contributed by atoms with van der Waals surface area (Å²) in [6, 6.07) is 14.3. The maximum atomic E-state index is 12.5. The molecule has 0 aliphatic rings. The Morgan fingerprint density at radius 1 is 1.16 bits per heavy atom. The number of methoxy groups -OCH3 is 1. The van der Waals surface area contributed by atoms with Crippen molar-refractivity contribution in [3.63, 3.8) is 0 Å². The van der Waals surface area contributed by atoms with E-state index in [4.69, 9.17) is 9.84 Å². The van der Waals surface area contributed by atoms with Gasteiger partial charge in [-0.2, -0.15) is 0 Å². The van der Waals surface area contributed by atoms with Crippen molar-refractivity contribution in [3.8, 4) is 5.75 Å². The summed E-state index contributed by atoms with van der Waals surface area (Å²) < 4.78 is 5.14. The maximum Gasteiger partial charge on any atom is 0.335 e. The molecule has 2 rings (SSSR count). The van der Waals surface area contributed by atoms with Crippen LogP contribution in [-0.4, -0.2) is 30.6 Å². The number of carbonyl (C=O) groups excluding carboxylic acids is 1. The zero-order valence-corrected chi connectivity index (χ0v) is 14.5. The lowest BCUT2D eigenvalue weighted by atomic mass is 9.95. The van der Waals surface area contributed by atoms with Crippen LogP contribution in [0.4, 0.5) is 0 Å². The van der Waals surface area contributed by atoms with Crippen molar-refractivity contribution < 1.29 is 19.4 Å². The lowest BCUT2D eigenvalue weighted by Crippen LogP contribution is -2.30. The fraction of sp³-hybridized carbons (Fsp3) is 0.300. The number of rotatable bonds is 8. The molecule has 0 aliphatic heterocycles. The molecule has 5 heteroatoms. The second-order valence-electron chi connectivity index (χ2n) is 5.78. The van der Waals surface area contributed by atoms with Crippen LogP contribution >= 0.6 is 0 Å². The number of ether oxygens (including phenoxy) is 1. The van der Waals surface area contributed by atoms with Gasteiger partial charge in [-0.15, -0.1) is 0 Å². The fourth-order valence-electron chi connectivity index (χ4n) is 2.72. The van der Waals surface area contributed by atoms with Crippen LogP contribution in [0.2, 0.25) is 0 Å². The molecule has 0 saturated heterocycles. The van der Waals surface area contributed by atoms with Gasteiger partial charge in [-0.3, -0.25) is 4.79 Å². The van der Waals surface area contributed by atoms with Crippen LogP contribution in [0.5, 0.6) is 5.75 Å². The summed E-state index contributed by atoms with van der Waals surface area (Å²) in [5.74, 6) is -0.424. The molecule has 132 valence electrons. The summed E-state index contributed by atoms with van der Waals surface area (Å²) in [7, 11) is 1.61. The van der Waals surface area contributed by atoms with Crippen LogP contribution in [0.1, 0.15) is 40.7 Å². The second kappa shape index (κ2) is 8.87. The van der Waals surface area contributed by atoms with Crippen molar-refractivity contribution in [3.05, 3.63) is 65.2 Å². The number of carbonyl (C=O) groups is 2. The number of carboxylic acid groups (broad SMARTS) is 1. The molecule has 0 radical (unpaired) electrons. The van der Waals surface area contributed by atoms with Gasteiger partial charge in [-0.05, 0) is 48.2 Å². The molecule has 0 aliphatic carbocycles. The van der Waals surface area contributed by atoms with Crippen molar-refractivity contribution in [1.82, 2.24) is 5.32 Å². The fourth-order valence-corrected chi connectivity index (χ4v) is 2.72. The number of aromatic carboxylic acids is 1. The molecule has 2 aromatic rings. The monoisotopic (exact) mass is 341 g/mol. The van der Waals surface area contributed by atoms with E-state index < -0.39 is 5.97 Å². The Kier molecular flexibility index (Phi) is 6.57. The third-order valence-corrected chi connectivity index (χ3v) is 4.13. The van der Waals surface area contributed by atoms with E-state index in [9.17, 15) is 9.59 Å². The van der Waals surface area contributed by atoms with Crippen LogP contribution < -0.4 is 10.1 Å². The highest BCUT2D eigenvalue weighted by Crippen LogP contribution is 2.22. The average molecular weight is 341 g/mol. The van der Waals surface area contributed by atoms with E-state index >= 15 is 0 Å². The Labute approximate surface area is 147 Å². The van der Waals surface area contributed by atoms with Crippen LogP contribution in [0.25, 0.3) is 0 Å². The van der Waals surface area contributed by atoms with Crippen molar-refractivity contribution in [1.29, 1.82) is 0 Å². The van der Waals surface area contributed by atoms with Crippen molar-refractivity contribution in [2.75, 3.05) is 13.7 Å². The Hall–Kier alpha value is -2.82. The Bertz CT molecular complexity index is 725. The normalized spacial score (nSPS) is 11.6. The summed E-state index contributed by atoms with van der Waals surface area (Å²) in [5, 5.41) is 12.0. The zero-order chi connectivity index (χ0) is 18.2. The number of nitrogens with one attached hydrogen (secondary N) is 1. The number of hydrogen-bond donors (Lipinski definition) is 2. The Morgan fingerprint density at radius 2 is 1.88 bits per heavy atom. The average Bonchev–Trinajstić information content (AvgIpc) is 2.63. The van der Waals surface area contributed by atoms with Gasteiger partial charge in [-0.1, -0.05) is 31.2 Å². The minimum absolute atomic E-state index is 0.0259. The van der Waals surface area contributed by atoms with E-state index in [0.717, 1.165) is 16.9 Å². The lowest BCUT2D eigenvalue weighted by Gasteiger charge is -2.16.